The van der Waals surface area contributed by atoms with Crippen LogP contribution in [0.4, 0.5) is 9.18 Å². The number of urea groups is 1. The summed E-state index contributed by atoms with van der Waals surface area (Å²) >= 11 is 12.0. The Morgan fingerprint density at radius 3 is 2.55 bits per heavy atom. The molecule has 31 heavy (non-hydrogen) atoms. The van der Waals surface area contributed by atoms with E-state index < -0.39 is 24.1 Å². The molecular formula is C21H15Cl2FN4O3. The van der Waals surface area contributed by atoms with Crippen LogP contribution in [0.15, 0.2) is 53.7 Å². The van der Waals surface area contributed by atoms with Gasteiger partial charge in [-0.2, -0.15) is 0 Å². The van der Waals surface area contributed by atoms with Crippen molar-refractivity contribution in [2.45, 2.75) is 18.8 Å². The molecule has 2 aromatic carbocycles. The van der Waals surface area contributed by atoms with E-state index in [0.29, 0.717) is 26.9 Å². The van der Waals surface area contributed by atoms with Gasteiger partial charge in [0, 0.05) is 12.6 Å². The average Bonchev–Trinajstić information content (AvgIpc) is 3.31. The number of carbonyl (C=O) groups is 2. The van der Waals surface area contributed by atoms with Crippen LogP contribution in [-0.4, -0.2) is 51.9 Å². The number of amides is 3. The summed E-state index contributed by atoms with van der Waals surface area (Å²) < 4.78 is 19.0. The minimum atomic E-state index is -0.765. The van der Waals surface area contributed by atoms with E-state index in [1.165, 1.54) is 17.0 Å². The number of nitrogens with zero attached hydrogens (tertiary/aromatic N) is 4. The molecule has 0 spiro atoms. The lowest BCUT2D eigenvalue weighted by molar-refractivity contribution is -0.137. The number of carbonyl (C=O) groups excluding carboxylic acids is 2. The molecule has 0 bridgehead atoms. The molecule has 3 heterocycles. The highest BCUT2D eigenvalue weighted by Crippen LogP contribution is 2.36. The van der Waals surface area contributed by atoms with Crippen LogP contribution in [0.5, 0.6) is 0 Å². The van der Waals surface area contributed by atoms with Crippen LogP contribution in [0.3, 0.4) is 0 Å². The number of likely N-dealkylation sites (N-methyl/N-ethyl adjacent to an activating group) is 1. The van der Waals surface area contributed by atoms with Crippen LogP contribution in [0.1, 0.15) is 11.1 Å². The number of aliphatic imine (C=N–C) groups is 1. The monoisotopic (exact) mass is 460 g/mol. The van der Waals surface area contributed by atoms with Crippen molar-refractivity contribution in [2.75, 3.05) is 7.05 Å². The number of hydrogen-bond acceptors (Lipinski definition) is 5. The summed E-state index contributed by atoms with van der Waals surface area (Å²) in [5, 5.41) is 0.731. The Kier molecular flexibility index (Phi) is 4.64. The lowest BCUT2D eigenvalue weighted by atomic mass is 10.1. The minimum absolute atomic E-state index is 0.0423. The van der Waals surface area contributed by atoms with Gasteiger partial charge < -0.3 is 9.64 Å². The number of halogens is 3. The first-order valence-electron chi connectivity index (χ1n) is 9.37. The lowest BCUT2D eigenvalue weighted by Crippen LogP contribution is -2.63. The molecule has 158 valence electrons. The SMILES string of the molecule is CN1C(=O)N(Cc2ccc(Cl)c(Cl)c2)C(=O)C2C1N=C1OC(c3ccc(F)cc3)=CN12. The van der Waals surface area contributed by atoms with Crippen molar-refractivity contribution < 1.29 is 18.7 Å². The Balaban J connectivity index is 1.43. The molecule has 3 aliphatic heterocycles. The van der Waals surface area contributed by atoms with Gasteiger partial charge in [-0.25, -0.2) is 14.2 Å². The molecule has 0 N–H and O–H groups in total. The molecule has 1 saturated heterocycles. The second-order valence-electron chi connectivity index (χ2n) is 7.35. The van der Waals surface area contributed by atoms with Crippen LogP contribution in [0, 0.1) is 5.82 Å². The molecule has 7 nitrogen and oxygen atoms in total. The van der Waals surface area contributed by atoms with Gasteiger partial charge in [-0.3, -0.25) is 14.6 Å². The predicted octanol–water partition coefficient (Wildman–Crippen LogP) is 3.92. The maximum atomic E-state index is 13.3. The van der Waals surface area contributed by atoms with Crippen molar-refractivity contribution in [1.29, 1.82) is 0 Å². The average molecular weight is 461 g/mol. The second-order valence-corrected chi connectivity index (χ2v) is 8.16. The third kappa shape index (κ3) is 3.23. The Hall–Kier alpha value is -3.10. The van der Waals surface area contributed by atoms with E-state index in [1.54, 1.807) is 48.5 Å². The molecule has 1 fully saturated rings. The molecule has 5 rings (SSSR count). The van der Waals surface area contributed by atoms with Crippen molar-refractivity contribution in [3.63, 3.8) is 0 Å². The summed E-state index contributed by atoms with van der Waals surface area (Å²) in [5.41, 5.74) is 1.32. The van der Waals surface area contributed by atoms with Gasteiger partial charge in [-0.15, -0.1) is 0 Å². The molecule has 0 radical (unpaired) electrons. The Morgan fingerprint density at radius 1 is 1.10 bits per heavy atom. The Labute approximate surface area is 186 Å². The number of benzene rings is 2. The molecule has 0 aliphatic carbocycles. The van der Waals surface area contributed by atoms with Crippen molar-refractivity contribution >= 4 is 46.9 Å². The van der Waals surface area contributed by atoms with E-state index in [1.807, 2.05) is 0 Å². The first-order chi connectivity index (χ1) is 14.8. The van der Waals surface area contributed by atoms with Crippen molar-refractivity contribution in [1.82, 2.24) is 14.7 Å². The number of rotatable bonds is 3. The van der Waals surface area contributed by atoms with E-state index >= 15 is 0 Å². The summed E-state index contributed by atoms with van der Waals surface area (Å²) in [7, 11) is 1.59. The van der Waals surface area contributed by atoms with Crippen molar-refractivity contribution in [2.24, 2.45) is 4.99 Å². The minimum Gasteiger partial charge on any atom is -0.423 e. The predicted molar refractivity (Wildman–Crippen MR) is 112 cm³/mol. The van der Waals surface area contributed by atoms with Crippen LogP contribution in [0.25, 0.3) is 5.76 Å². The van der Waals surface area contributed by atoms with Crippen LogP contribution in [-0.2, 0) is 16.1 Å². The van der Waals surface area contributed by atoms with Crippen LogP contribution >= 0.6 is 23.2 Å². The van der Waals surface area contributed by atoms with Crippen molar-refractivity contribution in [3.05, 3.63) is 75.7 Å². The summed E-state index contributed by atoms with van der Waals surface area (Å²) in [6, 6.07) is 9.75. The lowest BCUT2D eigenvalue weighted by Gasteiger charge is -2.39. The normalized spacial score (nSPS) is 22.3. The fourth-order valence-corrected chi connectivity index (χ4v) is 4.12. The van der Waals surface area contributed by atoms with Crippen LogP contribution < -0.4 is 0 Å². The molecule has 10 heteroatoms. The molecule has 3 aliphatic rings. The largest absolute Gasteiger partial charge is 0.423 e. The van der Waals surface area contributed by atoms with E-state index in [0.717, 1.165) is 4.90 Å². The zero-order valence-corrected chi connectivity index (χ0v) is 17.6. The third-order valence-electron chi connectivity index (χ3n) is 5.41. The Bertz CT molecular complexity index is 1170. The Morgan fingerprint density at radius 2 is 1.84 bits per heavy atom. The quantitative estimate of drug-likeness (QED) is 0.695. The smallest absolute Gasteiger partial charge is 0.328 e. The van der Waals surface area contributed by atoms with E-state index in [4.69, 9.17) is 27.9 Å². The molecule has 2 atom stereocenters. The molecule has 2 unspecified atom stereocenters. The van der Waals surface area contributed by atoms with E-state index in [-0.39, 0.29) is 18.4 Å². The fourth-order valence-electron chi connectivity index (χ4n) is 3.79. The van der Waals surface area contributed by atoms with Crippen LogP contribution in [0.2, 0.25) is 10.0 Å². The second kappa shape index (κ2) is 7.25. The van der Waals surface area contributed by atoms with Gasteiger partial charge in [-0.1, -0.05) is 29.3 Å². The number of ether oxygens (including phenoxy) is 1. The number of amidine groups is 1. The first kappa shape index (κ1) is 19.8. The molecule has 2 aromatic rings. The van der Waals surface area contributed by atoms with E-state index in [9.17, 15) is 14.0 Å². The zero-order chi connectivity index (χ0) is 21.9. The first-order valence-corrected chi connectivity index (χ1v) is 10.1. The summed E-state index contributed by atoms with van der Waals surface area (Å²) in [4.78, 5) is 34.8. The van der Waals surface area contributed by atoms with Gasteiger partial charge in [0.25, 0.3) is 11.9 Å². The highest BCUT2D eigenvalue weighted by Gasteiger charge is 2.54. The van der Waals surface area contributed by atoms with Gasteiger partial charge >= 0.3 is 6.03 Å². The highest BCUT2D eigenvalue weighted by atomic mass is 35.5. The molecule has 0 saturated carbocycles. The molecule has 3 amide bonds. The van der Waals surface area contributed by atoms with Crippen molar-refractivity contribution in [3.8, 4) is 0 Å². The highest BCUT2D eigenvalue weighted by molar-refractivity contribution is 6.42. The zero-order valence-electron chi connectivity index (χ0n) is 16.1. The number of fused-ring (bicyclic) bond motifs is 3. The number of imide groups is 1. The van der Waals surface area contributed by atoms with Gasteiger partial charge in [0.2, 0.25) is 0 Å². The summed E-state index contributed by atoms with van der Waals surface area (Å²) in [6.45, 7) is 0.0423. The van der Waals surface area contributed by atoms with Gasteiger partial charge in [0.05, 0.1) is 22.8 Å². The molecule has 0 aromatic heterocycles. The van der Waals surface area contributed by atoms with E-state index in [2.05, 4.69) is 4.99 Å². The van der Waals surface area contributed by atoms with Gasteiger partial charge in [0.15, 0.2) is 18.0 Å². The fraction of sp³-hybridized carbons (Fsp3) is 0.190. The maximum Gasteiger partial charge on any atom is 0.328 e. The van der Waals surface area contributed by atoms with Gasteiger partial charge in [0.1, 0.15) is 5.82 Å². The third-order valence-corrected chi connectivity index (χ3v) is 6.14. The molecular weight excluding hydrogens is 446 g/mol. The topological polar surface area (TPSA) is 65.5 Å². The number of hydrogen-bond donors (Lipinski definition) is 0. The summed E-state index contributed by atoms with van der Waals surface area (Å²) in [6.07, 6.45) is 0.946. The standard InChI is InChI=1S/C21H15Cl2FN4O3/c1-26-18-17(19(29)28(21(26)30)9-11-2-7-14(22)15(23)8-11)27-10-16(31-20(27)25-18)12-3-5-13(24)6-4-12/h2-8,10,17-18H,9H2,1H3. The maximum absolute atomic E-state index is 13.3. The summed E-state index contributed by atoms with van der Waals surface area (Å²) in [5.74, 6) is -0.320. The van der Waals surface area contributed by atoms with Gasteiger partial charge in [-0.05, 0) is 42.0 Å².